The predicted octanol–water partition coefficient (Wildman–Crippen LogP) is 3.22. The summed E-state index contributed by atoms with van der Waals surface area (Å²) in [6, 6.07) is 0.585. The van der Waals surface area contributed by atoms with Gasteiger partial charge in [0.2, 0.25) is 0 Å². The Morgan fingerprint density at radius 1 is 1.30 bits per heavy atom. The highest BCUT2D eigenvalue weighted by Gasteiger charge is 2.34. The van der Waals surface area contributed by atoms with Crippen LogP contribution in [0.5, 0.6) is 0 Å². The summed E-state index contributed by atoms with van der Waals surface area (Å²) in [6.07, 6.45) is -0.369. The lowest BCUT2D eigenvalue weighted by Crippen LogP contribution is -2.52. The zero-order valence-corrected chi connectivity index (χ0v) is 17.9. The van der Waals surface area contributed by atoms with Crippen LogP contribution in [-0.2, 0) is 9.47 Å². The molecule has 1 saturated heterocycles. The molecule has 0 radical (unpaired) electrons. The van der Waals surface area contributed by atoms with Gasteiger partial charge in [0.1, 0.15) is 34.3 Å². The summed E-state index contributed by atoms with van der Waals surface area (Å²) >= 11 is 6.05. The van der Waals surface area contributed by atoms with Gasteiger partial charge < -0.3 is 19.7 Å². The van der Waals surface area contributed by atoms with E-state index in [2.05, 4.69) is 20.3 Å². The Morgan fingerprint density at radius 3 is 2.70 bits per heavy atom. The molecule has 0 aliphatic carbocycles. The fourth-order valence-electron chi connectivity index (χ4n) is 3.11. The van der Waals surface area contributed by atoms with E-state index in [0.717, 1.165) is 0 Å². The summed E-state index contributed by atoms with van der Waals surface area (Å²) in [6.45, 7) is 5.62. The van der Waals surface area contributed by atoms with E-state index in [9.17, 15) is 14.0 Å². The van der Waals surface area contributed by atoms with Crippen molar-refractivity contribution in [2.75, 3.05) is 25.5 Å². The average Bonchev–Trinajstić information content (AvgIpc) is 2.67. The van der Waals surface area contributed by atoms with Gasteiger partial charge in [-0.3, -0.25) is 0 Å². The van der Waals surface area contributed by atoms with Gasteiger partial charge in [0.05, 0.1) is 18.7 Å². The topological polar surface area (TPSA) is 107 Å². The summed E-state index contributed by atoms with van der Waals surface area (Å²) in [5.41, 5.74) is -0.111. The second kappa shape index (κ2) is 8.55. The van der Waals surface area contributed by atoms with Crippen LogP contribution in [-0.4, -0.2) is 69.9 Å². The highest BCUT2D eigenvalue weighted by atomic mass is 35.5. The van der Waals surface area contributed by atoms with E-state index < -0.39 is 29.9 Å². The summed E-state index contributed by atoms with van der Waals surface area (Å²) in [4.78, 5) is 38.3. The third kappa shape index (κ3) is 4.86. The molecule has 1 unspecified atom stereocenters. The van der Waals surface area contributed by atoms with Crippen LogP contribution in [0.2, 0.25) is 5.15 Å². The number of methoxy groups -OCH3 is 1. The zero-order chi connectivity index (χ0) is 22.1. The normalized spacial score (nSPS) is 19.5. The molecule has 162 valence electrons. The SMILES string of the molecule is COC(=O)c1cc(Cl)nc2c(N[C@@H]3CN(C(=O)OC(C)(C)C)CCC3F)ncnc12. The fourth-order valence-corrected chi connectivity index (χ4v) is 3.30. The van der Waals surface area contributed by atoms with Gasteiger partial charge in [-0.1, -0.05) is 11.6 Å². The lowest BCUT2D eigenvalue weighted by atomic mass is 10.0. The molecule has 3 heterocycles. The summed E-state index contributed by atoms with van der Waals surface area (Å²) in [5.74, 6) is -0.433. The molecule has 2 aromatic rings. The Kier molecular flexibility index (Phi) is 6.25. The maximum atomic E-state index is 14.6. The summed E-state index contributed by atoms with van der Waals surface area (Å²) in [5, 5.41) is 3.02. The van der Waals surface area contributed by atoms with Crippen molar-refractivity contribution < 1.29 is 23.5 Å². The van der Waals surface area contributed by atoms with Crippen LogP contribution in [0.3, 0.4) is 0 Å². The van der Waals surface area contributed by atoms with Gasteiger partial charge in [-0.25, -0.2) is 28.9 Å². The lowest BCUT2D eigenvalue weighted by Gasteiger charge is -2.36. The first-order valence-electron chi connectivity index (χ1n) is 9.37. The number of likely N-dealkylation sites (tertiary alicyclic amines) is 1. The molecule has 0 saturated carbocycles. The van der Waals surface area contributed by atoms with E-state index in [-0.39, 0.29) is 47.1 Å². The molecule has 2 aromatic heterocycles. The number of amides is 1. The van der Waals surface area contributed by atoms with Gasteiger partial charge in [0.25, 0.3) is 0 Å². The molecule has 1 aliphatic rings. The van der Waals surface area contributed by atoms with Crippen molar-refractivity contribution >= 4 is 40.5 Å². The van der Waals surface area contributed by atoms with E-state index in [1.807, 2.05) is 0 Å². The van der Waals surface area contributed by atoms with E-state index in [1.54, 1.807) is 20.8 Å². The van der Waals surface area contributed by atoms with Crippen LogP contribution in [0.1, 0.15) is 37.6 Å². The minimum absolute atomic E-state index is 0.0385. The highest BCUT2D eigenvalue weighted by Crippen LogP contribution is 2.27. The number of alkyl halides is 1. The van der Waals surface area contributed by atoms with Crippen molar-refractivity contribution in [3.63, 3.8) is 0 Å². The first-order valence-corrected chi connectivity index (χ1v) is 9.75. The monoisotopic (exact) mass is 439 g/mol. The number of pyridine rings is 1. The minimum Gasteiger partial charge on any atom is -0.465 e. The number of halogens is 2. The van der Waals surface area contributed by atoms with Crippen LogP contribution >= 0.6 is 11.6 Å². The number of fused-ring (bicyclic) bond motifs is 1. The van der Waals surface area contributed by atoms with Crippen molar-refractivity contribution in [1.82, 2.24) is 19.9 Å². The van der Waals surface area contributed by atoms with Crippen molar-refractivity contribution in [2.45, 2.75) is 45.0 Å². The van der Waals surface area contributed by atoms with Gasteiger partial charge in [-0.15, -0.1) is 0 Å². The largest absolute Gasteiger partial charge is 0.465 e. The number of aromatic nitrogens is 3. The number of carbonyl (C=O) groups excluding carboxylic acids is 2. The zero-order valence-electron chi connectivity index (χ0n) is 17.1. The predicted molar refractivity (Wildman–Crippen MR) is 108 cm³/mol. The Bertz CT molecular complexity index is 968. The van der Waals surface area contributed by atoms with Crippen LogP contribution in [0.4, 0.5) is 15.0 Å². The second-order valence-electron chi connectivity index (χ2n) is 7.89. The number of nitrogens with zero attached hydrogens (tertiary/aromatic N) is 4. The van der Waals surface area contributed by atoms with E-state index in [0.29, 0.717) is 0 Å². The highest BCUT2D eigenvalue weighted by molar-refractivity contribution is 6.30. The number of ether oxygens (including phenoxy) is 2. The van der Waals surface area contributed by atoms with Crippen LogP contribution in [0.25, 0.3) is 11.0 Å². The molecule has 1 fully saturated rings. The average molecular weight is 440 g/mol. The quantitative estimate of drug-likeness (QED) is 0.573. The van der Waals surface area contributed by atoms with Gasteiger partial charge in [0.15, 0.2) is 5.82 Å². The third-order valence-corrected chi connectivity index (χ3v) is 4.66. The third-order valence-electron chi connectivity index (χ3n) is 4.47. The number of esters is 1. The fraction of sp³-hybridized carbons (Fsp3) is 0.526. The Labute approximate surface area is 177 Å². The van der Waals surface area contributed by atoms with E-state index >= 15 is 0 Å². The van der Waals surface area contributed by atoms with E-state index in [1.165, 1.54) is 24.4 Å². The van der Waals surface area contributed by atoms with Gasteiger partial charge in [-0.05, 0) is 33.3 Å². The first kappa shape index (κ1) is 21.9. The molecule has 1 amide bonds. The molecule has 2 atom stereocenters. The molecule has 11 heteroatoms. The number of carbonyl (C=O) groups is 2. The molecule has 0 aromatic carbocycles. The minimum atomic E-state index is -1.23. The number of nitrogens with one attached hydrogen (secondary N) is 1. The molecule has 0 spiro atoms. The Morgan fingerprint density at radius 2 is 2.03 bits per heavy atom. The van der Waals surface area contributed by atoms with E-state index in [4.69, 9.17) is 21.1 Å². The summed E-state index contributed by atoms with van der Waals surface area (Å²) < 4.78 is 24.8. The first-order chi connectivity index (χ1) is 14.1. The maximum Gasteiger partial charge on any atom is 0.410 e. The lowest BCUT2D eigenvalue weighted by molar-refractivity contribution is 0.0150. The number of hydrogen-bond acceptors (Lipinski definition) is 8. The van der Waals surface area contributed by atoms with Crippen LogP contribution in [0, 0.1) is 0 Å². The number of piperidine rings is 1. The van der Waals surface area contributed by atoms with Gasteiger partial charge in [-0.2, -0.15) is 0 Å². The number of anilines is 1. The van der Waals surface area contributed by atoms with Crippen molar-refractivity contribution in [3.8, 4) is 0 Å². The molecule has 0 bridgehead atoms. The smallest absolute Gasteiger partial charge is 0.410 e. The molecule has 9 nitrogen and oxygen atoms in total. The molecule has 30 heavy (non-hydrogen) atoms. The van der Waals surface area contributed by atoms with Crippen molar-refractivity contribution in [3.05, 3.63) is 23.1 Å². The maximum absolute atomic E-state index is 14.6. The van der Waals surface area contributed by atoms with Crippen LogP contribution in [0.15, 0.2) is 12.4 Å². The number of hydrogen-bond donors (Lipinski definition) is 1. The molecule has 1 aliphatic heterocycles. The van der Waals surface area contributed by atoms with Crippen molar-refractivity contribution in [1.29, 1.82) is 0 Å². The molecule has 3 rings (SSSR count). The van der Waals surface area contributed by atoms with Crippen LogP contribution < -0.4 is 5.32 Å². The standard InChI is InChI=1S/C19H23ClFN5O4/c1-19(2,3)30-18(28)26-6-5-11(21)12(8-26)24-16-15-14(22-9-23-16)10(17(27)29-4)7-13(20)25-15/h7,9,11-12H,5-6,8H2,1-4H3,(H,22,23,24)/t11?,12-/m1/s1. The molecular weight excluding hydrogens is 417 g/mol. The number of rotatable bonds is 3. The molecular formula is C19H23ClFN5O4. The Balaban J connectivity index is 1.88. The van der Waals surface area contributed by atoms with Gasteiger partial charge >= 0.3 is 12.1 Å². The summed E-state index contributed by atoms with van der Waals surface area (Å²) in [7, 11) is 1.24. The Hall–Kier alpha value is -2.75. The van der Waals surface area contributed by atoms with Gasteiger partial charge in [0, 0.05) is 13.1 Å². The second-order valence-corrected chi connectivity index (χ2v) is 8.27. The van der Waals surface area contributed by atoms with Crippen molar-refractivity contribution in [2.24, 2.45) is 0 Å². The molecule has 1 N–H and O–H groups in total.